The zero-order valence-electron chi connectivity index (χ0n) is 21.7. The van der Waals surface area contributed by atoms with E-state index in [1.807, 2.05) is 22.8 Å². The molecule has 0 saturated carbocycles. The number of hydrogen-bond acceptors (Lipinski definition) is 7. The van der Waals surface area contributed by atoms with Crippen molar-refractivity contribution < 1.29 is 22.7 Å². The predicted molar refractivity (Wildman–Crippen MR) is 143 cm³/mol. The van der Waals surface area contributed by atoms with Crippen molar-refractivity contribution in [1.82, 2.24) is 19.2 Å². The number of amides is 1. The number of methoxy groups -OCH3 is 1. The van der Waals surface area contributed by atoms with Crippen LogP contribution in [-0.4, -0.2) is 60.9 Å². The zero-order chi connectivity index (χ0) is 27.8. The van der Waals surface area contributed by atoms with Crippen LogP contribution in [0.5, 0.6) is 0 Å². The molecule has 1 fully saturated rings. The summed E-state index contributed by atoms with van der Waals surface area (Å²) >= 11 is 0. The summed E-state index contributed by atoms with van der Waals surface area (Å²) in [7, 11) is -2.50. The van der Waals surface area contributed by atoms with Crippen molar-refractivity contribution in [1.29, 1.82) is 5.26 Å². The summed E-state index contributed by atoms with van der Waals surface area (Å²) in [5.74, 6) is -2.45. The molecule has 1 aliphatic rings. The highest BCUT2D eigenvalue weighted by Crippen LogP contribution is 2.27. The monoisotopic (exact) mass is 549 g/mol. The molecule has 10 nitrogen and oxygen atoms in total. The van der Waals surface area contributed by atoms with Crippen LogP contribution in [0, 0.1) is 23.2 Å². The van der Waals surface area contributed by atoms with E-state index in [2.05, 4.69) is 16.4 Å². The van der Waals surface area contributed by atoms with Crippen LogP contribution in [0.25, 0.3) is 0 Å². The number of esters is 1. The van der Waals surface area contributed by atoms with E-state index in [9.17, 15) is 18.0 Å². The summed E-state index contributed by atoms with van der Waals surface area (Å²) in [6, 6.07) is 18.2. The van der Waals surface area contributed by atoms with Gasteiger partial charge in [-0.2, -0.15) is 9.57 Å². The van der Waals surface area contributed by atoms with Gasteiger partial charge in [-0.05, 0) is 29.7 Å². The maximum Gasteiger partial charge on any atom is 0.310 e. The van der Waals surface area contributed by atoms with E-state index in [4.69, 9.17) is 10.00 Å². The van der Waals surface area contributed by atoms with Crippen LogP contribution in [0.1, 0.15) is 28.8 Å². The van der Waals surface area contributed by atoms with Crippen molar-refractivity contribution in [3.8, 4) is 6.07 Å². The number of nitriles is 1. The normalized spacial score (nSPS) is 17.7. The molecular formula is C28H31N5O5S. The minimum absolute atomic E-state index is 0.00508. The predicted octanol–water partition coefficient (Wildman–Crippen LogP) is 2.10. The van der Waals surface area contributed by atoms with E-state index in [1.165, 1.54) is 11.4 Å². The van der Waals surface area contributed by atoms with Crippen molar-refractivity contribution in [2.75, 3.05) is 26.7 Å². The third-order valence-corrected chi connectivity index (χ3v) is 8.61. The number of sulfonamides is 1. The largest absolute Gasteiger partial charge is 0.469 e. The Bertz CT molecular complexity index is 1430. The second kappa shape index (κ2) is 12.7. The average Bonchev–Trinajstić information content (AvgIpc) is 3.39. The first-order valence-electron chi connectivity index (χ1n) is 12.6. The van der Waals surface area contributed by atoms with Crippen LogP contribution in [0.3, 0.4) is 0 Å². The van der Waals surface area contributed by atoms with Gasteiger partial charge in [0.2, 0.25) is 15.9 Å². The molecule has 204 valence electrons. The molecule has 2 aromatic carbocycles. The molecule has 1 N–H and O–H groups in total. The number of imidazole rings is 1. The lowest BCUT2D eigenvalue weighted by molar-refractivity contribution is -0.148. The number of aromatic nitrogens is 2. The smallest absolute Gasteiger partial charge is 0.310 e. The molecule has 2 atom stereocenters. The van der Waals surface area contributed by atoms with Gasteiger partial charge in [-0.15, -0.1) is 0 Å². The molecule has 39 heavy (non-hydrogen) atoms. The maximum atomic E-state index is 13.2. The van der Waals surface area contributed by atoms with Crippen molar-refractivity contribution in [2.45, 2.75) is 25.1 Å². The van der Waals surface area contributed by atoms with E-state index < -0.39 is 27.8 Å². The Morgan fingerprint density at radius 1 is 1.08 bits per heavy atom. The number of nitrogens with one attached hydrogen (secondary N) is 1. The fourth-order valence-corrected chi connectivity index (χ4v) is 6.34. The van der Waals surface area contributed by atoms with E-state index in [0.29, 0.717) is 30.6 Å². The van der Waals surface area contributed by atoms with Gasteiger partial charge in [0.1, 0.15) is 0 Å². The summed E-state index contributed by atoms with van der Waals surface area (Å²) in [6.07, 6.45) is 4.19. The van der Waals surface area contributed by atoms with Gasteiger partial charge in [0.15, 0.2) is 0 Å². The fraction of sp³-hybridized carbons (Fsp3) is 0.357. The Morgan fingerprint density at radius 3 is 2.49 bits per heavy atom. The van der Waals surface area contributed by atoms with Crippen LogP contribution in [0.15, 0.2) is 67.1 Å². The van der Waals surface area contributed by atoms with Gasteiger partial charge < -0.3 is 14.6 Å². The summed E-state index contributed by atoms with van der Waals surface area (Å²) in [4.78, 5) is 29.7. The van der Waals surface area contributed by atoms with Gasteiger partial charge >= 0.3 is 5.97 Å². The molecule has 1 saturated heterocycles. The van der Waals surface area contributed by atoms with Gasteiger partial charge in [-0.25, -0.2) is 13.4 Å². The highest BCUT2D eigenvalue weighted by atomic mass is 32.2. The first kappa shape index (κ1) is 28.0. The lowest BCUT2D eigenvalue weighted by Gasteiger charge is -2.35. The average molecular weight is 550 g/mol. The molecule has 0 bridgehead atoms. The van der Waals surface area contributed by atoms with Crippen LogP contribution in [0.2, 0.25) is 0 Å². The Balaban J connectivity index is 1.37. The van der Waals surface area contributed by atoms with Crippen LogP contribution in [-0.2, 0) is 43.1 Å². The van der Waals surface area contributed by atoms with Crippen LogP contribution < -0.4 is 5.32 Å². The van der Waals surface area contributed by atoms with Gasteiger partial charge in [-0.1, -0.05) is 42.5 Å². The van der Waals surface area contributed by atoms with Crippen LogP contribution in [0.4, 0.5) is 0 Å². The van der Waals surface area contributed by atoms with Gasteiger partial charge in [0.05, 0.1) is 42.7 Å². The second-order valence-corrected chi connectivity index (χ2v) is 11.5. The van der Waals surface area contributed by atoms with Gasteiger partial charge in [-0.3, -0.25) is 9.59 Å². The van der Waals surface area contributed by atoms with Gasteiger partial charge in [0, 0.05) is 44.5 Å². The molecule has 0 radical (unpaired) electrons. The Labute approximate surface area is 228 Å². The third-order valence-electron chi connectivity index (χ3n) is 6.82. The quantitative estimate of drug-likeness (QED) is 0.383. The highest BCUT2D eigenvalue weighted by molar-refractivity contribution is 7.88. The number of ether oxygens (including phenoxy) is 1. The minimum Gasteiger partial charge on any atom is -0.469 e. The first-order chi connectivity index (χ1) is 18.8. The Kier molecular flexibility index (Phi) is 9.11. The highest BCUT2D eigenvalue weighted by Gasteiger charge is 2.40. The summed E-state index contributed by atoms with van der Waals surface area (Å²) in [5, 5.41) is 11.9. The zero-order valence-corrected chi connectivity index (χ0v) is 22.5. The molecule has 1 amide bonds. The number of carbonyl (C=O) groups excluding carboxylic acids is 2. The number of rotatable bonds is 10. The van der Waals surface area contributed by atoms with Crippen molar-refractivity contribution in [3.63, 3.8) is 0 Å². The molecule has 2 heterocycles. The van der Waals surface area contributed by atoms with Gasteiger partial charge in [0.25, 0.3) is 0 Å². The summed E-state index contributed by atoms with van der Waals surface area (Å²) < 4.78 is 34.5. The minimum atomic E-state index is -3.76. The third kappa shape index (κ3) is 7.31. The summed E-state index contributed by atoms with van der Waals surface area (Å²) in [6.45, 7) is 0.895. The van der Waals surface area contributed by atoms with Crippen LogP contribution >= 0.6 is 0 Å². The Hall–Kier alpha value is -4.01. The standard InChI is InChI=1S/C28H31N5O5S/c1-38-28(35)25-13-24(17-33(18-25)39(36,37)19-23-5-3-2-4-6-23)27(34)31-12-11-26-15-30-20-32(26)16-22-9-7-21(14-29)8-10-22/h2-10,15,20,24-25H,11-13,16-19H2,1H3,(H,31,34). The summed E-state index contributed by atoms with van der Waals surface area (Å²) in [5.41, 5.74) is 3.17. The molecule has 0 spiro atoms. The molecular weight excluding hydrogens is 518 g/mol. The van der Waals surface area contributed by atoms with E-state index in [1.54, 1.807) is 48.9 Å². The topological polar surface area (TPSA) is 134 Å². The van der Waals surface area contributed by atoms with E-state index in [-0.39, 0.29) is 31.2 Å². The SMILES string of the molecule is COC(=O)C1CC(C(=O)NCCc2cncn2Cc2ccc(C#N)cc2)CN(S(=O)(=O)Cc2ccccc2)C1. The fourth-order valence-electron chi connectivity index (χ4n) is 4.73. The molecule has 11 heteroatoms. The molecule has 1 aromatic heterocycles. The number of nitrogens with zero attached hydrogens (tertiary/aromatic N) is 4. The number of benzene rings is 2. The lowest BCUT2D eigenvalue weighted by atomic mass is 9.90. The molecule has 1 aliphatic heterocycles. The molecule has 2 unspecified atom stereocenters. The molecule has 0 aliphatic carbocycles. The van der Waals surface area contributed by atoms with E-state index in [0.717, 1.165) is 11.3 Å². The Morgan fingerprint density at radius 2 is 1.79 bits per heavy atom. The van der Waals surface area contributed by atoms with Crippen molar-refractivity contribution in [3.05, 3.63) is 89.5 Å². The number of carbonyl (C=O) groups is 2. The second-order valence-electron chi connectivity index (χ2n) is 9.57. The maximum absolute atomic E-state index is 13.2. The van der Waals surface area contributed by atoms with E-state index >= 15 is 0 Å². The lowest BCUT2D eigenvalue weighted by Crippen LogP contribution is -2.50. The molecule has 3 aromatic rings. The van der Waals surface area contributed by atoms with Crippen molar-refractivity contribution >= 4 is 21.9 Å². The first-order valence-corrected chi connectivity index (χ1v) is 14.3. The number of piperidine rings is 1. The molecule has 4 rings (SSSR count). The van der Waals surface area contributed by atoms with Crippen molar-refractivity contribution in [2.24, 2.45) is 11.8 Å². The number of hydrogen-bond donors (Lipinski definition) is 1.